The number of hydrogen-bond acceptors (Lipinski definition) is 3. The highest BCUT2D eigenvalue weighted by Gasteiger charge is 2.26. The van der Waals surface area contributed by atoms with E-state index < -0.39 is 0 Å². The second-order valence-corrected chi connectivity index (χ2v) is 5.28. The van der Waals surface area contributed by atoms with Crippen molar-refractivity contribution in [3.8, 4) is 0 Å². The van der Waals surface area contributed by atoms with Crippen molar-refractivity contribution in [2.45, 2.75) is 32.7 Å². The van der Waals surface area contributed by atoms with Crippen molar-refractivity contribution in [1.29, 1.82) is 0 Å². The molecule has 2 rings (SSSR count). The number of amides is 1. The van der Waals surface area contributed by atoms with Crippen molar-refractivity contribution in [3.63, 3.8) is 0 Å². The summed E-state index contributed by atoms with van der Waals surface area (Å²) in [6.45, 7) is 6.24. The fourth-order valence-corrected chi connectivity index (χ4v) is 2.61. The number of nitrogens with zero attached hydrogens (tertiary/aromatic N) is 1. The lowest BCUT2D eigenvalue weighted by molar-refractivity contribution is 0.0692. The molecule has 1 fully saturated rings. The fraction of sp³-hybridized carbons (Fsp3) is 0.500. The van der Waals surface area contributed by atoms with Crippen molar-refractivity contribution in [1.82, 2.24) is 10.2 Å². The molecule has 4 heteroatoms. The first kappa shape index (κ1) is 14.7. The monoisotopic (exact) mass is 274 g/mol. The lowest BCUT2D eigenvalue weighted by atomic mass is 10.1. The van der Waals surface area contributed by atoms with E-state index in [1.165, 1.54) is 6.92 Å². The number of nitrogens with one attached hydrogen (secondary N) is 1. The van der Waals surface area contributed by atoms with Crippen LogP contribution in [0.3, 0.4) is 0 Å². The molecule has 1 saturated heterocycles. The molecule has 1 unspecified atom stereocenters. The smallest absolute Gasteiger partial charge is 0.254 e. The Morgan fingerprint density at radius 1 is 1.25 bits per heavy atom. The van der Waals surface area contributed by atoms with Crippen LogP contribution in [0.4, 0.5) is 0 Å². The molecule has 0 aliphatic carbocycles. The number of ketones is 1. The van der Waals surface area contributed by atoms with Crippen LogP contribution in [0.15, 0.2) is 24.3 Å². The first-order valence-electron chi connectivity index (χ1n) is 7.26. The van der Waals surface area contributed by atoms with Gasteiger partial charge in [0.1, 0.15) is 0 Å². The van der Waals surface area contributed by atoms with E-state index in [0.29, 0.717) is 11.1 Å². The molecule has 1 aromatic carbocycles. The van der Waals surface area contributed by atoms with Gasteiger partial charge in [0.05, 0.1) is 0 Å². The summed E-state index contributed by atoms with van der Waals surface area (Å²) in [5, 5.41) is 3.30. The average Bonchev–Trinajstić information content (AvgIpc) is 2.98. The zero-order chi connectivity index (χ0) is 14.5. The van der Waals surface area contributed by atoms with E-state index in [1.807, 2.05) is 4.90 Å². The molecule has 0 spiro atoms. The molecule has 0 aromatic heterocycles. The van der Waals surface area contributed by atoms with Crippen molar-refractivity contribution < 1.29 is 9.59 Å². The lowest BCUT2D eigenvalue weighted by Gasteiger charge is -2.28. The summed E-state index contributed by atoms with van der Waals surface area (Å²) in [6.07, 6.45) is 1.96. The molecule has 1 aliphatic rings. The molecule has 1 aromatic rings. The molecule has 108 valence electrons. The van der Waals surface area contributed by atoms with Gasteiger partial charge < -0.3 is 10.2 Å². The minimum atomic E-state index is 0.0226. The van der Waals surface area contributed by atoms with Gasteiger partial charge in [-0.05, 0) is 38.4 Å². The van der Waals surface area contributed by atoms with E-state index in [9.17, 15) is 9.59 Å². The Morgan fingerprint density at radius 3 is 2.40 bits per heavy atom. The van der Waals surface area contributed by atoms with Crippen LogP contribution in [-0.4, -0.2) is 42.3 Å². The molecular weight excluding hydrogens is 252 g/mol. The van der Waals surface area contributed by atoms with Gasteiger partial charge in [-0.2, -0.15) is 0 Å². The summed E-state index contributed by atoms with van der Waals surface area (Å²) in [5.41, 5.74) is 1.31. The maximum Gasteiger partial charge on any atom is 0.254 e. The van der Waals surface area contributed by atoms with Crippen molar-refractivity contribution in [2.24, 2.45) is 0 Å². The fourth-order valence-electron chi connectivity index (χ4n) is 2.61. The van der Waals surface area contributed by atoms with Gasteiger partial charge in [-0.1, -0.05) is 19.1 Å². The van der Waals surface area contributed by atoms with Crippen LogP contribution < -0.4 is 5.32 Å². The van der Waals surface area contributed by atoms with Gasteiger partial charge in [0.15, 0.2) is 5.78 Å². The SMILES string of the molecule is CCCN(C(=O)c1ccc(C(C)=O)cc1)C1CCNC1. The van der Waals surface area contributed by atoms with Gasteiger partial charge in [-0.15, -0.1) is 0 Å². The van der Waals surface area contributed by atoms with E-state index in [1.54, 1.807) is 24.3 Å². The van der Waals surface area contributed by atoms with Crippen molar-refractivity contribution in [2.75, 3.05) is 19.6 Å². The summed E-state index contributed by atoms with van der Waals surface area (Å²) >= 11 is 0. The largest absolute Gasteiger partial charge is 0.334 e. The topological polar surface area (TPSA) is 49.4 Å². The Balaban J connectivity index is 2.15. The summed E-state index contributed by atoms with van der Waals surface area (Å²) in [7, 11) is 0. The second kappa shape index (κ2) is 6.66. The Morgan fingerprint density at radius 2 is 1.90 bits per heavy atom. The Labute approximate surface area is 120 Å². The molecule has 1 atom stereocenters. The highest BCUT2D eigenvalue weighted by molar-refractivity contribution is 5.97. The van der Waals surface area contributed by atoms with E-state index in [4.69, 9.17) is 0 Å². The second-order valence-electron chi connectivity index (χ2n) is 5.28. The average molecular weight is 274 g/mol. The van der Waals surface area contributed by atoms with E-state index in [2.05, 4.69) is 12.2 Å². The number of hydrogen-bond donors (Lipinski definition) is 1. The van der Waals surface area contributed by atoms with Crippen LogP contribution in [0, 0.1) is 0 Å². The minimum Gasteiger partial charge on any atom is -0.334 e. The standard InChI is InChI=1S/C16H22N2O2/c1-3-10-18(15-8-9-17-11-15)16(20)14-6-4-13(5-7-14)12(2)19/h4-7,15,17H,3,8-11H2,1-2H3. The summed E-state index contributed by atoms with van der Waals surface area (Å²) in [6, 6.07) is 7.25. The molecule has 1 amide bonds. The molecule has 0 radical (unpaired) electrons. The highest BCUT2D eigenvalue weighted by Crippen LogP contribution is 2.15. The Kier molecular flexibility index (Phi) is 4.90. The summed E-state index contributed by atoms with van der Waals surface area (Å²) in [4.78, 5) is 25.8. The van der Waals surface area contributed by atoms with Crippen LogP contribution in [-0.2, 0) is 0 Å². The van der Waals surface area contributed by atoms with Crippen LogP contribution in [0.1, 0.15) is 47.4 Å². The van der Waals surface area contributed by atoms with Crippen LogP contribution in [0.5, 0.6) is 0 Å². The van der Waals surface area contributed by atoms with Gasteiger partial charge in [-0.25, -0.2) is 0 Å². The third kappa shape index (κ3) is 3.25. The predicted octanol–water partition coefficient (Wildman–Crippen LogP) is 2.10. The van der Waals surface area contributed by atoms with E-state index in [0.717, 1.165) is 32.5 Å². The normalized spacial score (nSPS) is 18.0. The number of benzene rings is 1. The molecule has 20 heavy (non-hydrogen) atoms. The molecule has 1 aliphatic heterocycles. The maximum absolute atomic E-state index is 12.6. The quantitative estimate of drug-likeness (QED) is 0.837. The maximum atomic E-state index is 12.6. The third-order valence-corrected chi connectivity index (χ3v) is 3.74. The molecular formula is C16H22N2O2. The van der Waals surface area contributed by atoms with Gasteiger partial charge in [-0.3, -0.25) is 9.59 Å². The molecule has 0 bridgehead atoms. The van der Waals surface area contributed by atoms with Crippen LogP contribution in [0.2, 0.25) is 0 Å². The Bertz CT molecular complexity index is 476. The van der Waals surface area contributed by atoms with E-state index in [-0.39, 0.29) is 17.7 Å². The number of carbonyl (C=O) groups is 2. The number of Topliss-reactive ketones (excluding diaryl/α,β-unsaturated/α-hetero) is 1. The van der Waals surface area contributed by atoms with Gasteiger partial charge in [0.25, 0.3) is 5.91 Å². The van der Waals surface area contributed by atoms with Crippen molar-refractivity contribution in [3.05, 3.63) is 35.4 Å². The zero-order valence-electron chi connectivity index (χ0n) is 12.2. The van der Waals surface area contributed by atoms with Gasteiger partial charge in [0, 0.05) is 30.3 Å². The Hall–Kier alpha value is -1.68. The number of rotatable bonds is 5. The van der Waals surface area contributed by atoms with Crippen LogP contribution >= 0.6 is 0 Å². The van der Waals surface area contributed by atoms with E-state index >= 15 is 0 Å². The highest BCUT2D eigenvalue weighted by atomic mass is 16.2. The zero-order valence-corrected chi connectivity index (χ0v) is 12.2. The third-order valence-electron chi connectivity index (χ3n) is 3.74. The number of carbonyl (C=O) groups excluding carboxylic acids is 2. The van der Waals surface area contributed by atoms with Crippen LogP contribution in [0.25, 0.3) is 0 Å². The van der Waals surface area contributed by atoms with Crippen molar-refractivity contribution >= 4 is 11.7 Å². The predicted molar refractivity (Wildman–Crippen MR) is 79.0 cm³/mol. The minimum absolute atomic E-state index is 0.0226. The summed E-state index contributed by atoms with van der Waals surface area (Å²) < 4.78 is 0. The van der Waals surface area contributed by atoms with Gasteiger partial charge in [0.2, 0.25) is 0 Å². The first-order chi connectivity index (χ1) is 9.63. The molecule has 1 heterocycles. The first-order valence-corrected chi connectivity index (χ1v) is 7.26. The lowest BCUT2D eigenvalue weighted by Crippen LogP contribution is -2.42. The summed E-state index contributed by atoms with van der Waals surface area (Å²) in [5.74, 6) is 0.0880. The molecule has 0 saturated carbocycles. The molecule has 1 N–H and O–H groups in total. The molecule has 4 nitrogen and oxygen atoms in total. The van der Waals surface area contributed by atoms with Gasteiger partial charge >= 0.3 is 0 Å².